The molecule has 0 bridgehead atoms. The minimum absolute atomic E-state index is 0.100. The van der Waals surface area contributed by atoms with Crippen molar-refractivity contribution in [1.82, 2.24) is 10.2 Å². The molecule has 5 nitrogen and oxygen atoms in total. The SMILES string of the molecule is CNC(=O)c1ccc(CN(C)C(=O)[C@@H](C)Oc2cccc(C)c2)cc1. The summed E-state index contributed by atoms with van der Waals surface area (Å²) in [7, 11) is 3.34. The van der Waals surface area contributed by atoms with Gasteiger partial charge in [-0.25, -0.2) is 0 Å². The minimum Gasteiger partial charge on any atom is -0.481 e. The van der Waals surface area contributed by atoms with Crippen LogP contribution in [0.2, 0.25) is 0 Å². The molecule has 0 saturated carbocycles. The molecule has 0 aromatic heterocycles. The van der Waals surface area contributed by atoms with Gasteiger partial charge in [0.25, 0.3) is 11.8 Å². The van der Waals surface area contributed by atoms with Crippen molar-refractivity contribution in [3.8, 4) is 5.75 Å². The van der Waals surface area contributed by atoms with E-state index in [4.69, 9.17) is 4.74 Å². The highest BCUT2D eigenvalue weighted by Crippen LogP contribution is 2.15. The number of benzene rings is 2. The topological polar surface area (TPSA) is 58.6 Å². The summed E-state index contributed by atoms with van der Waals surface area (Å²) >= 11 is 0. The molecular formula is C20H24N2O3. The lowest BCUT2D eigenvalue weighted by atomic mass is 10.1. The van der Waals surface area contributed by atoms with Crippen molar-refractivity contribution in [3.05, 3.63) is 65.2 Å². The maximum absolute atomic E-state index is 12.5. The Hall–Kier alpha value is -2.82. The van der Waals surface area contributed by atoms with E-state index in [1.54, 1.807) is 38.1 Å². The summed E-state index contributed by atoms with van der Waals surface area (Å²) in [5.74, 6) is 0.456. The van der Waals surface area contributed by atoms with Crippen LogP contribution in [0.5, 0.6) is 5.75 Å². The summed E-state index contributed by atoms with van der Waals surface area (Å²) < 4.78 is 5.74. The zero-order valence-electron chi connectivity index (χ0n) is 15.1. The molecule has 0 aliphatic rings. The van der Waals surface area contributed by atoms with E-state index in [1.165, 1.54) is 0 Å². The number of likely N-dealkylation sites (N-methyl/N-ethyl adjacent to an activating group) is 1. The van der Waals surface area contributed by atoms with Gasteiger partial charge in [0.1, 0.15) is 5.75 Å². The Kier molecular flexibility index (Phi) is 6.17. The van der Waals surface area contributed by atoms with Crippen LogP contribution in [0.1, 0.15) is 28.4 Å². The third-order valence-corrected chi connectivity index (χ3v) is 3.89. The van der Waals surface area contributed by atoms with E-state index >= 15 is 0 Å². The van der Waals surface area contributed by atoms with Crippen LogP contribution < -0.4 is 10.1 Å². The maximum Gasteiger partial charge on any atom is 0.263 e. The quantitative estimate of drug-likeness (QED) is 0.880. The number of aryl methyl sites for hydroxylation is 1. The van der Waals surface area contributed by atoms with Crippen LogP contribution in [0.25, 0.3) is 0 Å². The van der Waals surface area contributed by atoms with Crippen molar-refractivity contribution >= 4 is 11.8 Å². The molecule has 2 rings (SSSR count). The molecule has 0 aliphatic heterocycles. The van der Waals surface area contributed by atoms with Gasteiger partial charge in [0.2, 0.25) is 0 Å². The van der Waals surface area contributed by atoms with Crippen LogP contribution in [0.4, 0.5) is 0 Å². The summed E-state index contributed by atoms with van der Waals surface area (Å²) in [6, 6.07) is 14.8. The Balaban J connectivity index is 1.96. The second-order valence-electron chi connectivity index (χ2n) is 6.05. The second-order valence-corrected chi connectivity index (χ2v) is 6.05. The fraction of sp³-hybridized carbons (Fsp3) is 0.300. The fourth-order valence-corrected chi connectivity index (χ4v) is 2.51. The molecule has 0 fully saturated rings. The number of nitrogens with one attached hydrogen (secondary N) is 1. The van der Waals surface area contributed by atoms with Crippen molar-refractivity contribution in [2.45, 2.75) is 26.5 Å². The summed E-state index contributed by atoms with van der Waals surface area (Å²) in [6.07, 6.45) is -0.572. The van der Waals surface area contributed by atoms with E-state index in [2.05, 4.69) is 5.32 Å². The van der Waals surface area contributed by atoms with Gasteiger partial charge in [-0.3, -0.25) is 9.59 Å². The Morgan fingerprint density at radius 2 is 1.84 bits per heavy atom. The monoisotopic (exact) mass is 340 g/mol. The van der Waals surface area contributed by atoms with Gasteiger partial charge in [0.15, 0.2) is 6.10 Å². The highest BCUT2D eigenvalue weighted by atomic mass is 16.5. The van der Waals surface area contributed by atoms with Crippen LogP contribution in [-0.2, 0) is 11.3 Å². The number of rotatable bonds is 6. The van der Waals surface area contributed by atoms with Gasteiger partial charge < -0.3 is 15.0 Å². The molecule has 5 heteroatoms. The van der Waals surface area contributed by atoms with Crippen molar-refractivity contribution in [3.63, 3.8) is 0 Å². The Bertz CT molecular complexity index is 741. The molecule has 1 N–H and O–H groups in total. The van der Waals surface area contributed by atoms with Crippen molar-refractivity contribution in [1.29, 1.82) is 0 Å². The average molecular weight is 340 g/mol. The maximum atomic E-state index is 12.5. The lowest BCUT2D eigenvalue weighted by Gasteiger charge is -2.22. The van der Waals surface area contributed by atoms with E-state index in [-0.39, 0.29) is 11.8 Å². The summed E-state index contributed by atoms with van der Waals surface area (Å²) in [5.41, 5.74) is 2.63. The molecule has 132 valence electrons. The van der Waals surface area contributed by atoms with Gasteiger partial charge >= 0.3 is 0 Å². The molecule has 0 heterocycles. The van der Waals surface area contributed by atoms with Crippen molar-refractivity contribution in [2.75, 3.05) is 14.1 Å². The number of ether oxygens (including phenoxy) is 1. The van der Waals surface area contributed by atoms with Gasteiger partial charge in [0.05, 0.1) is 0 Å². The lowest BCUT2D eigenvalue weighted by Crippen LogP contribution is -2.37. The number of hydrogen-bond donors (Lipinski definition) is 1. The van der Waals surface area contributed by atoms with Gasteiger partial charge in [0, 0.05) is 26.2 Å². The second kappa shape index (κ2) is 8.33. The van der Waals surface area contributed by atoms with E-state index in [1.807, 2.05) is 43.3 Å². The predicted molar refractivity (Wildman–Crippen MR) is 97.6 cm³/mol. The molecule has 2 aromatic carbocycles. The largest absolute Gasteiger partial charge is 0.481 e. The molecule has 0 unspecified atom stereocenters. The summed E-state index contributed by atoms with van der Waals surface area (Å²) in [4.78, 5) is 25.7. The van der Waals surface area contributed by atoms with Crippen LogP contribution in [0.3, 0.4) is 0 Å². The van der Waals surface area contributed by atoms with E-state index in [9.17, 15) is 9.59 Å². The number of nitrogens with zero attached hydrogens (tertiary/aromatic N) is 1. The molecule has 0 aliphatic carbocycles. The highest BCUT2D eigenvalue weighted by Gasteiger charge is 2.19. The minimum atomic E-state index is -0.572. The summed E-state index contributed by atoms with van der Waals surface area (Å²) in [6.45, 7) is 4.18. The molecule has 1 atom stereocenters. The Morgan fingerprint density at radius 3 is 2.44 bits per heavy atom. The zero-order chi connectivity index (χ0) is 18.4. The number of carbonyl (C=O) groups is 2. The van der Waals surface area contributed by atoms with Crippen LogP contribution >= 0.6 is 0 Å². The number of hydrogen-bond acceptors (Lipinski definition) is 3. The van der Waals surface area contributed by atoms with E-state index in [0.717, 1.165) is 11.1 Å². The first-order valence-electron chi connectivity index (χ1n) is 8.20. The first-order valence-corrected chi connectivity index (χ1v) is 8.20. The van der Waals surface area contributed by atoms with Gasteiger partial charge in [-0.1, -0.05) is 24.3 Å². The molecule has 0 spiro atoms. The standard InChI is InChI=1S/C20H24N2O3/c1-14-6-5-7-18(12-14)25-15(2)20(24)22(4)13-16-8-10-17(11-9-16)19(23)21-3/h5-12,15H,13H2,1-4H3,(H,21,23)/t15-/m1/s1. The first kappa shape index (κ1) is 18.5. The smallest absolute Gasteiger partial charge is 0.263 e. The number of carbonyl (C=O) groups excluding carboxylic acids is 2. The molecular weight excluding hydrogens is 316 g/mol. The molecule has 2 amide bonds. The highest BCUT2D eigenvalue weighted by molar-refractivity contribution is 5.93. The first-order chi connectivity index (χ1) is 11.9. The molecule has 0 saturated heterocycles. The molecule has 0 radical (unpaired) electrons. The molecule has 25 heavy (non-hydrogen) atoms. The van der Waals surface area contributed by atoms with E-state index < -0.39 is 6.10 Å². The van der Waals surface area contributed by atoms with Crippen LogP contribution in [0, 0.1) is 6.92 Å². The van der Waals surface area contributed by atoms with Crippen LogP contribution in [-0.4, -0.2) is 36.9 Å². The van der Waals surface area contributed by atoms with Crippen molar-refractivity contribution < 1.29 is 14.3 Å². The zero-order valence-corrected chi connectivity index (χ0v) is 15.1. The van der Waals surface area contributed by atoms with Crippen molar-refractivity contribution in [2.24, 2.45) is 0 Å². The third kappa shape index (κ3) is 5.08. The normalized spacial score (nSPS) is 11.5. The average Bonchev–Trinajstić information content (AvgIpc) is 2.61. The molecule has 2 aromatic rings. The van der Waals surface area contributed by atoms with E-state index in [0.29, 0.717) is 17.9 Å². The van der Waals surface area contributed by atoms with Gasteiger partial charge in [-0.15, -0.1) is 0 Å². The Labute approximate surface area is 148 Å². The fourth-order valence-electron chi connectivity index (χ4n) is 2.51. The van der Waals surface area contributed by atoms with Gasteiger partial charge in [-0.05, 0) is 49.2 Å². The predicted octanol–water partition coefficient (Wildman–Crippen LogP) is 2.78. The van der Waals surface area contributed by atoms with Crippen LogP contribution in [0.15, 0.2) is 48.5 Å². The number of amides is 2. The van der Waals surface area contributed by atoms with Gasteiger partial charge in [-0.2, -0.15) is 0 Å². The summed E-state index contributed by atoms with van der Waals surface area (Å²) in [5, 5.41) is 2.58. The lowest BCUT2D eigenvalue weighted by molar-refractivity contribution is -0.137. The third-order valence-electron chi connectivity index (χ3n) is 3.89. The Morgan fingerprint density at radius 1 is 1.16 bits per heavy atom.